The number of hydrogen-bond donors (Lipinski definition) is 0. The van der Waals surface area contributed by atoms with E-state index in [4.69, 9.17) is 0 Å². The molecule has 3 heterocycles. The van der Waals surface area contributed by atoms with Crippen molar-refractivity contribution < 1.29 is 0 Å². The van der Waals surface area contributed by atoms with E-state index in [1.807, 2.05) is 0 Å². The van der Waals surface area contributed by atoms with E-state index in [0.717, 1.165) is 0 Å². The van der Waals surface area contributed by atoms with Gasteiger partial charge in [-0.05, 0) is 138 Å². The molecule has 13 rings (SSSR count). The van der Waals surface area contributed by atoms with E-state index in [2.05, 4.69) is 213 Å². The lowest BCUT2D eigenvalue weighted by molar-refractivity contribution is 0.332. The van der Waals surface area contributed by atoms with E-state index in [1.54, 1.807) is 0 Å². The van der Waals surface area contributed by atoms with Crippen LogP contribution in [0.4, 0.5) is 11.4 Å². The van der Waals surface area contributed by atoms with E-state index in [-0.39, 0.29) is 17.7 Å². The predicted octanol–water partition coefficient (Wildman–Crippen LogP) is 14.0. The zero-order valence-corrected chi connectivity index (χ0v) is 35.1. The summed E-state index contributed by atoms with van der Waals surface area (Å²) < 4.78 is 2.62. The average molecular weight is 781 g/mol. The zero-order chi connectivity index (χ0) is 40.8. The van der Waals surface area contributed by atoms with Crippen LogP contribution in [0.2, 0.25) is 0 Å². The SMILES string of the molecule is CC1(C)CCC(C)(C)c2cc(N3B4c5c(cc6ccccc6c5-c5c3ccc3ccccc53)-n3c5ccc(-c6ccccc6)cc5c5cc(-c6ccccc6)cc4c53)ccc21. The van der Waals surface area contributed by atoms with Crippen LogP contribution in [-0.2, 0) is 10.8 Å². The van der Waals surface area contributed by atoms with Gasteiger partial charge in [-0.2, -0.15) is 0 Å². The van der Waals surface area contributed by atoms with Crippen molar-refractivity contribution in [1.82, 2.24) is 4.57 Å². The second kappa shape index (κ2) is 12.4. The predicted molar refractivity (Wildman–Crippen MR) is 261 cm³/mol. The number of aromatic nitrogens is 1. The molecule has 0 unspecified atom stereocenters. The molecule has 0 radical (unpaired) electrons. The van der Waals surface area contributed by atoms with Gasteiger partial charge in [-0.1, -0.05) is 161 Å². The van der Waals surface area contributed by atoms with Gasteiger partial charge in [0.1, 0.15) is 0 Å². The van der Waals surface area contributed by atoms with Gasteiger partial charge in [0.25, 0.3) is 0 Å². The van der Waals surface area contributed by atoms with Gasteiger partial charge in [0, 0.05) is 33.4 Å². The molecule has 290 valence electrons. The lowest BCUT2D eigenvalue weighted by atomic mass is 9.43. The van der Waals surface area contributed by atoms with Crippen molar-refractivity contribution in [2.45, 2.75) is 51.4 Å². The summed E-state index contributed by atoms with van der Waals surface area (Å²) in [5, 5.41) is 7.70. The number of fused-ring (bicyclic) bond motifs is 12. The van der Waals surface area contributed by atoms with Crippen LogP contribution in [0.5, 0.6) is 0 Å². The molecule has 1 aliphatic carbocycles. The number of nitrogens with zero attached hydrogens (tertiary/aromatic N) is 2. The molecular formula is C58H45BN2. The van der Waals surface area contributed by atoms with Gasteiger partial charge in [0.05, 0.1) is 11.0 Å². The highest BCUT2D eigenvalue weighted by Crippen LogP contribution is 2.52. The first-order valence-electron chi connectivity index (χ1n) is 22.0. The molecule has 3 heteroatoms. The Kier molecular flexibility index (Phi) is 7.09. The number of benzene rings is 9. The third-order valence-corrected chi connectivity index (χ3v) is 14.8. The normalized spacial score (nSPS) is 15.6. The van der Waals surface area contributed by atoms with Gasteiger partial charge in [-0.15, -0.1) is 0 Å². The molecule has 0 amide bonds. The maximum absolute atomic E-state index is 2.74. The Morgan fingerprint density at radius 3 is 1.84 bits per heavy atom. The minimum atomic E-state index is -0.0856. The van der Waals surface area contributed by atoms with E-state index < -0.39 is 0 Å². The van der Waals surface area contributed by atoms with Gasteiger partial charge in [-0.25, -0.2) is 0 Å². The minimum absolute atomic E-state index is 0.0675. The summed E-state index contributed by atoms with van der Waals surface area (Å²) >= 11 is 0. The van der Waals surface area contributed by atoms with Crippen LogP contribution in [-0.4, -0.2) is 11.4 Å². The van der Waals surface area contributed by atoms with Crippen molar-refractivity contribution in [3.05, 3.63) is 187 Å². The summed E-state index contributed by atoms with van der Waals surface area (Å²) in [6, 6.07) is 66.9. The summed E-state index contributed by atoms with van der Waals surface area (Å²) in [6.45, 7) is 9.70. The maximum atomic E-state index is 2.74. The van der Waals surface area contributed by atoms with E-state index in [9.17, 15) is 0 Å². The molecular weight excluding hydrogens is 735 g/mol. The topological polar surface area (TPSA) is 8.17 Å². The highest BCUT2D eigenvalue weighted by atomic mass is 15.1. The van der Waals surface area contributed by atoms with Crippen LogP contribution >= 0.6 is 0 Å². The summed E-state index contributed by atoms with van der Waals surface area (Å²) in [6.07, 6.45) is 2.36. The summed E-state index contributed by atoms with van der Waals surface area (Å²) in [5.41, 5.74) is 19.8. The van der Waals surface area contributed by atoms with Crippen LogP contribution in [0.15, 0.2) is 176 Å². The molecule has 1 aromatic heterocycles. The molecule has 3 aliphatic rings. The van der Waals surface area contributed by atoms with Crippen molar-refractivity contribution in [1.29, 1.82) is 0 Å². The Balaban J connectivity index is 1.22. The Bertz CT molecular complexity index is 3480. The third-order valence-electron chi connectivity index (χ3n) is 14.8. The highest BCUT2D eigenvalue weighted by Gasteiger charge is 2.46. The molecule has 0 bridgehead atoms. The third kappa shape index (κ3) is 4.86. The smallest absolute Gasteiger partial charge is 0.333 e. The molecule has 0 spiro atoms. The fraction of sp³-hybridized carbons (Fsp3) is 0.138. The first kappa shape index (κ1) is 35.0. The molecule has 10 aromatic rings. The summed E-state index contributed by atoms with van der Waals surface area (Å²) in [5.74, 6) is 0. The van der Waals surface area contributed by atoms with Gasteiger partial charge in [0.2, 0.25) is 0 Å². The molecule has 0 saturated carbocycles. The molecule has 9 aromatic carbocycles. The van der Waals surface area contributed by atoms with Crippen LogP contribution in [0.1, 0.15) is 51.7 Å². The van der Waals surface area contributed by atoms with Gasteiger partial charge >= 0.3 is 6.85 Å². The fourth-order valence-corrected chi connectivity index (χ4v) is 11.6. The maximum Gasteiger partial charge on any atom is 0.333 e. The van der Waals surface area contributed by atoms with Crippen molar-refractivity contribution >= 4 is 72.5 Å². The Morgan fingerprint density at radius 2 is 1.08 bits per heavy atom. The van der Waals surface area contributed by atoms with Crippen molar-refractivity contribution in [3.63, 3.8) is 0 Å². The average Bonchev–Trinajstić information content (AvgIpc) is 3.63. The molecule has 2 aliphatic heterocycles. The van der Waals surface area contributed by atoms with E-state index in [1.165, 1.54) is 129 Å². The minimum Gasteiger partial charge on any atom is -0.376 e. The Labute approximate surface area is 357 Å². The Hall–Kier alpha value is -6.84. The Morgan fingerprint density at radius 1 is 0.443 bits per heavy atom. The molecule has 0 N–H and O–H groups in total. The van der Waals surface area contributed by atoms with Crippen LogP contribution in [0.3, 0.4) is 0 Å². The second-order valence-electron chi connectivity index (χ2n) is 19.1. The summed E-state index contributed by atoms with van der Waals surface area (Å²) in [7, 11) is 0. The van der Waals surface area contributed by atoms with Crippen LogP contribution < -0.4 is 15.7 Å². The number of hydrogen-bond acceptors (Lipinski definition) is 1. The lowest BCUT2D eigenvalue weighted by Gasteiger charge is -2.45. The van der Waals surface area contributed by atoms with Crippen molar-refractivity contribution in [2.75, 3.05) is 4.81 Å². The molecule has 0 atom stereocenters. The fourth-order valence-electron chi connectivity index (χ4n) is 11.6. The second-order valence-corrected chi connectivity index (χ2v) is 19.1. The van der Waals surface area contributed by atoms with Crippen molar-refractivity contribution in [2.24, 2.45) is 0 Å². The van der Waals surface area contributed by atoms with E-state index >= 15 is 0 Å². The molecule has 0 saturated heterocycles. The first-order valence-corrected chi connectivity index (χ1v) is 22.0. The molecule has 0 fully saturated rings. The quantitative estimate of drug-likeness (QED) is 0.162. The van der Waals surface area contributed by atoms with Crippen molar-refractivity contribution in [3.8, 4) is 39.1 Å². The number of rotatable bonds is 3. The highest BCUT2D eigenvalue weighted by molar-refractivity contribution is 6.94. The first-order chi connectivity index (χ1) is 29.7. The van der Waals surface area contributed by atoms with Crippen LogP contribution in [0.25, 0.3) is 82.4 Å². The van der Waals surface area contributed by atoms with Gasteiger partial charge < -0.3 is 9.38 Å². The zero-order valence-electron chi connectivity index (χ0n) is 35.1. The lowest BCUT2D eigenvalue weighted by Crippen LogP contribution is -2.60. The van der Waals surface area contributed by atoms with Crippen LogP contribution in [0, 0.1) is 0 Å². The van der Waals surface area contributed by atoms with Gasteiger partial charge in [-0.3, -0.25) is 0 Å². The van der Waals surface area contributed by atoms with Gasteiger partial charge in [0.15, 0.2) is 0 Å². The monoisotopic (exact) mass is 780 g/mol. The number of anilines is 2. The molecule has 61 heavy (non-hydrogen) atoms. The standard InChI is InChI=1S/C58H45BN2/c1-57(2)29-30-58(3,4)48-35-42(25-26-47(48)57)61-51-28-23-38-19-11-13-21-43(38)53(51)54-44-22-14-12-20-40(44)34-52-55(54)59(61)49-33-41(37-17-9-6-10-18-37)32-46-45-31-39(36-15-7-5-8-16-36)24-27-50(45)60(52)56(46)49/h5-28,31-35H,29-30H2,1-4H3. The molecule has 2 nitrogen and oxygen atoms in total. The summed E-state index contributed by atoms with van der Waals surface area (Å²) in [4.78, 5) is 2.74. The van der Waals surface area contributed by atoms with E-state index in [0.29, 0.717) is 0 Å². The largest absolute Gasteiger partial charge is 0.376 e.